The molecule has 4 atom stereocenters. The SMILES string of the molecule is N#CC1CC2C(NC3CCN(Cc4ccc(F)c(F)c4)CC3)CCC1N2Cc1ccccc1. The van der Waals surface area contributed by atoms with Crippen molar-refractivity contribution in [1.29, 1.82) is 5.26 Å². The van der Waals surface area contributed by atoms with E-state index in [4.69, 9.17) is 0 Å². The molecule has 4 nitrogen and oxygen atoms in total. The molecule has 0 radical (unpaired) electrons. The highest BCUT2D eigenvalue weighted by Crippen LogP contribution is 2.41. The Balaban J connectivity index is 1.17. The van der Waals surface area contributed by atoms with Gasteiger partial charge >= 0.3 is 0 Å². The van der Waals surface area contributed by atoms with Gasteiger partial charge in [-0.1, -0.05) is 36.4 Å². The number of hydrogen-bond donors (Lipinski definition) is 1. The Morgan fingerprint density at radius 1 is 0.879 bits per heavy atom. The van der Waals surface area contributed by atoms with E-state index in [-0.39, 0.29) is 5.92 Å². The van der Waals surface area contributed by atoms with Crippen LogP contribution in [-0.4, -0.2) is 47.1 Å². The molecule has 0 aromatic heterocycles. The van der Waals surface area contributed by atoms with Gasteiger partial charge in [-0.3, -0.25) is 9.80 Å². The summed E-state index contributed by atoms with van der Waals surface area (Å²) in [5.41, 5.74) is 2.14. The second-order valence-electron chi connectivity index (χ2n) is 9.91. The van der Waals surface area contributed by atoms with Crippen LogP contribution in [0.1, 0.15) is 43.2 Å². The van der Waals surface area contributed by atoms with Gasteiger partial charge in [0.1, 0.15) is 0 Å². The summed E-state index contributed by atoms with van der Waals surface area (Å²) in [6.45, 7) is 3.47. The van der Waals surface area contributed by atoms with Crippen LogP contribution in [0.2, 0.25) is 0 Å². The Labute approximate surface area is 195 Å². The lowest BCUT2D eigenvalue weighted by Gasteiger charge is -2.43. The van der Waals surface area contributed by atoms with E-state index in [0.717, 1.165) is 57.3 Å². The largest absolute Gasteiger partial charge is 0.310 e. The third-order valence-corrected chi connectivity index (χ3v) is 7.85. The molecule has 33 heavy (non-hydrogen) atoms. The summed E-state index contributed by atoms with van der Waals surface area (Å²) in [5.74, 6) is -1.43. The smallest absolute Gasteiger partial charge is 0.159 e. The molecule has 2 aromatic carbocycles. The number of nitrogens with zero attached hydrogens (tertiary/aromatic N) is 3. The zero-order valence-electron chi connectivity index (χ0n) is 19.0. The van der Waals surface area contributed by atoms with Crippen molar-refractivity contribution in [3.63, 3.8) is 0 Å². The molecule has 0 amide bonds. The molecule has 3 heterocycles. The highest BCUT2D eigenvalue weighted by molar-refractivity contribution is 5.19. The number of likely N-dealkylation sites (tertiary alicyclic amines) is 1. The number of hydrogen-bond acceptors (Lipinski definition) is 4. The average Bonchev–Trinajstić information content (AvgIpc) is 3.06. The van der Waals surface area contributed by atoms with Crippen LogP contribution in [0.4, 0.5) is 8.78 Å². The van der Waals surface area contributed by atoms with E-state index in [1.165, 1.54) is 17.7 Å². The van der Waals surface area contributed by atoms with Crippen LogP contribution in [0.3, 0.4) is 0 Å². The molecule has 3 saturated heterocycles. The summed E-state index contributed by atoms with van der Waals surface area (Å²) >= 11 is 0. The van der Waals surface area contributed by atoms with E-state index < -0.39 is 11.6 Å². The van der Waals surface area contributed by atoms with Gasteiger partial charge in [-0.05, 0) is 68.5 Å². The van der Waals surface area contributed by atoms with Crippen molar-refractivity contribution in [1.82, 2.24) is 15.1 Å². The summed E-state index contributed by atoms with van der Waals surface area (Å²) in [7, 11) is 0. The molecular weight excluding hydrogens is 418 g/mol. The van der Waals surface area contributed by atoms with E-state index in [0.29, 0.717) is 30.7 Å². The average molecular weight is 451 g/mol. The van der Waals surface area contributed by atoms with Crippen LogP contribution < -0.4 is 5.32 Å². The van der Waals surface area contributed by atoms with Crippen LogP contribution in [0.5, 0.6) is 0 Å². The van der Waals surface area contributed by atoms with Crippen LogP contribution >= 0.6 is 0 Å². The van der Waals surface area contributed by atoms with Crippen molar-refractivity contribution in [3.05, 3.63) is 71.3 Å². The van der Waals surface area contributed by atoms with Crippen LogP contribution in [-0.2, 0) is 13.1 Å². The van der Waals surface area contributed by atoms with E-state index >= 15 is 0 Å². The van der Waals surface area contributed by atoms with E-state index in [1.807, 2.05) is 0 Å². The Hall–Kier alpha value is -2.33. The van der Waals surface area contributed by atoms with Gasteiger partial charge in [0.25, 0.3) is 0 Å². The number of fused-ring (bicyclic) bond motifs is 2. The van der Waals surface area contributed by atoms with E-state index in [9.17, 15) is 14.0 Å². The Bertz CT molecular complexity index is 983. The Morgan fingerprint density at radius 2 is 1.67 bits per heavy atom. The minimum Gasteiger partial charge on any atom is -0.310 e. The number of piperidine rings is 2. The molecule has 3 aliphatic heterocycles. The first-order chi connectivity index (χ1) is 16.1. The molecule has 2 bridgehead atoms. The van der Waals surface area contributed by atoms with Gasteiger partial charge in [-0.15, -0.1) is 0 Å². The number of nitriles is 1. The van der Waals surface area contributed by atoms with Crippen molar-refractivity contribution >= 4 is 0 Å². The lowest BCUT2D eigenvalue weighted by atomic mass is 9.93. The number of nitrogens with one attached hydrogen (secondary N) is 1. The fourth-order valence-corrected chi connectivity index (χ4v) is 6.15. The first-order valence-electron chi connectivity index (χ1n) is 12.2. The third kappa shape index (κ3) is 4.96. The van der Waals surface area contributed by atoms with Gasteiger partial charge in [0, 0.05) is 37.3 Å². The van der Waals surface area contributed by atoms with E-state index in [2.05, 4.69) is 51.5 Å². The first-order valence-corrected chi connectivity index (χ1v) is 12.2. The van der Waals surface area contributed by atoms with Gasteiger partial charge in [0.05, 0.1) is 12.0 Å². The second-order valence-corrected chi connectivity index (χ2v) is 9.91. The molecule has 2 aromatic rings. The van der Waals surface area contributed by atoms with Gasteiger partial charge in [0.2, 0.25) is 0 Å². The fourth-order valence-electron chi connectivity index (χ4n) is 6.15. The molecule has 0 aliphatic carbocycles. The zero-order chi connectivity index (χ0) is 22.8. The highest BCUT2D eigenvalue weighted by Gasteiger charge is 2.48. The summed E-state index contributed by atoms with van der Waals surface area (Å²) in [4.78, 5) is 4.91. The maximum absolute atomic E-state index is 13.5. The van der Waals surface area contributed by atoms with Gasteiger partial charge in [-0.2, -0.15) is 5.26 Å². The molecule has 6 heteroatoms. The minimum absolute atomic E-state index is 0.128. The summed E-state index contributed by atoms with van der Waals surface area (Å²) in [6.07, 6.45) is 5.27. The molecule has 1 N–H and O–H groups in total. The predicted molar refractivity (Wildman–Crippen MR) is 124 cm³/mol. The lowest BCUT2D eigenvalue weighted by molar-refractivity contribution is 0.0834. The minimum atomic E-state index is -0.789. The molecule has 3 fully saturated rings. The normalized spacial score (nSPS) is 28.6. The molecule has 174 valence electrons. The van der Waals surface area contributed by atoms with Crippen LogP contribution in [0, 0.1) is 28.9 Å². The van der Waals surface area contributed by atoms with Crippen molar-refractivity contribution < 1.29 is 8.78 Å². The maximum Gasteiger partial charge on any atom is 0.159 e. The lowest BCUT2D eigenvalue weighted by Crippen LogP contribution is -2.56. The van der Waals surface area contributed by atoms with Gasteiger partial charge in [0.15, 0.2) is 11.6 Å². The number of benzene rings is 2. The predicted octanol–water partition coefficient (Wildman–Crippen LogP) is 4.46. The number of halogens is 2. The fraction of sp³-hybridized carbons (Fsp3) is 0.519. The van der Waals surface area contributed by atoms with Crippen molar-refractivity contribution in [2.24, 2.45) is 5.92 Å². The van der Waals surface area contributed by atoms with Gasteiger partial charge in [-0.25, -0.2) is 8.78 Å². The molecule has 0 spiro atoms. The maximum atomic E-state index is 13.5. The summed E-state index contributed by atoms with van der Waals surface area (Å²) in [6, 6.07) is 19.0. The zero-order valence-corrected chi connectivity index (χ0v) is 19.0. The summed E-state index contributed by atoms with van der Waals surface area (Å²) < 4.78 is 26.7. The molecule has 4 unspecified atom stereocenters. The molecule has 5 rings (SSSR count). The highest BCUT2D eigenvalue weighted by atomic mass is 19.2. The Morgan fingerprint density at radius 3 is 2.39 bits per heavy atom. The van der Waals surface area contributed by atoms with Crippen LogP contribution in [0.15, 0.2) is 48.5 Å². The van der Waals surface area contributed by atoms with Crippen LogP contribution in [0.25, 0.3) is 0 Å². The first kappa shape index (κ1) is 22.5. The third-order valence-electron chi connectivity index (χ3n) is 7.85. The molecule has 3 aliphatic rings. The molecular formula is C27H32F2N4. The van der Waals surface area contributed by atoms with Gasteiger partial charge < -0.3 is 5.32 Å². The second kappa shape index (κ2) is 9.89. The summed E-state index contributed by atoms with van der Waals surface area (Å²) in [5, 5.41) is 13.7. The topological polar surface area (TPSA) is 42.3 Å². The van der Waals surface area contributed by atoms with Crippen molar-refractivity contribution in [2.75, 3.05) is 13.1 Å². The molecule has 0 saturated carbocycles. The number of rotatable bonds is 6. The Kier molecular flexibility index (Phi) is 6.73. The monoisotopic (exact) mass is 450 g/mol. The van der Waals surface area contributed by atoms with Crippen molar-refractivity contribution in [2.45, 2.75) is 69.4 Å². The quantitative estimate of drug-likeness (QED) is 0.706. The van der Waals surface area contributed by atoms with E-state index in [1.54, 1.807) is 6.07 Å². The standard InChI is InChI=1S/C27H32F2N4/c28-23-7-6-20(14-24(23)29)17-32-12-10-22(11-13-32)31-25-8-9-26-21(16-30)15-27(25)33(26)18-19-4-2-1-3-5-19/h1-7,14,21-22,25-27,31H,8-13,15,17-18H2. The van der Waals surface area contributed by atoms with Crippen molar-refractivity contribution in [3.8, 4) is 6.07 Å².